The van der Waals surface area contributed by atoms with Crippen molar-refractivity contribution in [1.82, 2.24) is 4.98 Å². The maximum absolute atomic E-state index is 11.8. The van der Waals surface area contributed by atoms with Gasteiger partial charge in [-0.15, -0.1) is 0 Å². The van der Waals surface area contributed by atoms with Crippen molar-refractivity contribution in [3.63, 3.8) is 0 Å². The van der Waals surface area contributed by atoms with Crippen molar-refractivity contribution in [3.05, 3.63) is 40.1 Å². The fraction of sp³-hybridized carbons (Fsp3) is 0.231. The lowest BCUT2D eigenvalue weighted by molar-refractivity contribution is 0.142. The SMILES string of the molecule is CCCc1ccc2c(=O)cc(OC(=O)O)[nH]c2c1. The summed E-state index contributed by atoms with van der Waals surface area (Å²) in [7, 11) is 0. The van der Waals surface area contributed by atoms with Crippen LogP contribution in [0.2, 0.25) is 0 Å². The summed E-state index contributed by atoms with van der Waals surface area (Å²) in [5.41, 5.74) is 1.42. The van der Waals surface area contributed by atoms with Crippen LogP contribution in [-0.4, -0.2) is 16.2 Å². The molecule has 2 rings (SSSR count). The molecule has 1 aromatic carbocycles. The van der Waals surface area contributed by atoms with Crippen LogP contribution >= 0.6 is 0 Å². The molecule has 5 heteroatoms. The standard InChI is InChI=1S/C13H13NO4/c1-2-3-8-4-5-9-10(6-8)14-12(7-11(9)15)18-13(16)17/h4-7H,2-3H2,1H3,(H,14,15)(H,16,17). The van der Waals surface area contributed by atoms with E-state index in [1.807, 2.05) is 12.1 Å². The van der Waals surface area contributed by atoms with Gasteiger partial charge in [-0.3, -0.25) is 4.79 Å². The molecule has 0 fully saturated rings. The molecule has 1 heterocycles. The molecular formula is C13H13NO4. The number of H-pyrrole nitrogens is 1. The Labute approximate surface area is 103 Å². The van der Waals surface area contributed by atoms with Gasteiger partial charge in [-0.2, -0.15) is 0 Å². The van der Waals surface area contributed by atoms with E-state index in [4.69, 9.17) is 5.11 Å². The van der Waals surface area contributed by atoms with Gasteiger partial charge in [0, 0.05) is 11.5 Å². The minimum absolute atomic E-state index is 0.0614. The maximum Gasteiger partial charge on any atom is 0.512 e. The topological polar surface area (TPSA) is 79.4 Å². The zero-order valence-electron chi connectivity index (χ0n) is 9.90. The molecule has 0 saturated carbocycles. The fourth-order valence-electron chi connectivity index (χ4n) is 1.87. The molecule has 0 aliphatic rings. The van der Waals surface area contributed by atoms with Crippen LogP contribution in [0.15, 0.2) is 29.1 Å². The van der Waals surface area contributed by atoms with E-state index in [0.717, 1.165) is 24.5 Å². The molecule has 1 aromatic heterocycles. The quantitative estimate of drug-likeness (QED) is 0.817. The van der Waals surface area contributed by atoms with Crippen molar-refractivity contribution in [2.45, 2.75) is 19.8 Å². The van der Waals surface area contributed by atoms with Gasteiger partial charge in [0.2, 0.25) is 5.88 Å². The second-order valence-corrected chi connectivity index (χ2v) is 4.00. The number of fused-ring (bicyclic) bond motifs is 1. The lowest BCUT2D eigenvalue weighted by Gasteiger charge is -2.05. The van der Waals surface area contributed by atoms with Gasteiger partial charge >= 0.3 is 6.16 Å². The summed E-state index contributed by atoms with van der Waals surface area (Å²) in [5, 5.41) is 9.05. The van der Waals surface area contributed by atoms with Crippen molar-refractivity contribution in [2.24, 2.45) is 0 Å². The van der Waals surface area contributed by atoms with E-state index in [1.165, 1.54) is 0 Å². The van der Waals surface area contributed by atoms with Gasteiger partial charge in [0.15, 0.2) is 5.43 Å². The molecular weight excluding hydrogens is 234 g/mol. The van der Waals surface area contributed by atoms with Crippen LogP contribution in [0, 0.1) is 0 Å². The highest BCUT2D eigenvalue weighted by atomic mass is 16.7. The number of carboxylic acid groups (broad SMARTS) is 1. The summed E-state index contributed by atoms with van der Waals surface area (Å²) in [5.74, 6) is -0.0614. The average Bonchev–Trinajstić information content (AvgIpc) is 2.28. The van der Waals surface area contributed by atoms with Crippen molar-refractivity contribution < 1.29 is 14.6 Å². The number of benzene rings is 1. The molecule has 0 radical (unpaired) electrons. The van der Waals surface area contributed by atoms with E-state index >= 15 is 0 Å². The summed E-state index contributed by atoms with van der Waals surface area (Å²) in [6.07, 6.45) is 0.456. The van der Waals surface area contributed by atoms with E-state index in [-0.39, 0.29) is 11.3 Å². The molecule has 0 aliphatic heterocycles. The third-order valence-corrected chi connectivity index (χ3v) is 2.61. The van der Waals surface area contributed by atoms with Gasteiger partial charge in [-0.05, 0) is 24.1 Å². The lowest BCUT2D eigenvalue weighted by Crippen LogP contribution is -2.09. The smallest absolute Gasteiger partial charge is 0.449 e. The fourth-order valence-corrected chi connectivity index (χ4v) is 1.87. The Bertz CT molecular complexity index is 645. The molecule has 18 heavy (non-hydrogen) atoms. The normalized spacial score (nSPS) is 10.5. The lowest BCUT2D eigenvalue weighted by atomic mass is 10.1. The molecule has 0 bridgehead atoms. The summed E-state index contributed by atoms with van der Waals surface area (Å²) in [6.45, 7) is 2.07. The molecule has 0 saturated heterocycles. The van der Waals surface area contributed by atoms with E-state index in [0.29, 0.717) is 10.9 Å². The molecule has 2 N–H and O–H groups in total. The highest BCUT2D eigenvalue weighted by Gasteiger charge is 2.06. The van der Waals surface area contributed by atoms with E-state index < -0.39 is 6.16 Å². The molecule has 94 valence electrons. The first-order valence-corrected chi connectivity index (χ1v) is 5.67. The molecule has 0 unspecified atom stereocenters. The first-order valence-electron chi connectivity index (χ1n) is 5.67. The Morgan fingerprint density at radius 3 is 2.83 bits per heavy atom. The molecule has 0 aliphatic carbocycles. The molecule has 5 nitrogen and oxygen atoms in total. The molecule has 2 aromatic rings. The Hall–Kier alpha value is -2.30. The van der Waals surface area contributed by atoms with Crippen LogP contribution < -0.4 is 10.2 Å². The number of nitrogens with one attached hydrogen (secondary N) is 1. The number of aromatic nitrogens is 1. The van der Waals surface area contributed by atoms with Gasteiger partial charge in [-0.25, -0.2) is 4.79 Å². The highest BCUT2D eigenvalue weighted by molar-refractivity contribution is 5.80. The highest BCUT2D eigenvalue weighted by Crippen LogP contribution is 2.15. The summed E-state index contributed by atoms with van der Waals surface area (Å²) >= 11 is 0. The van der Waals surface area contributed by atoms with Crippen molar-refractivity contribution in [2.75, 3.05) is 0 Å². The minimum Gasteiger partial charge on any atom is -0.449 e. The van der Waals surface area contributed by atoms with Crippen molar-refractivity contribution in [3.8, 4) is 5.88 Å². The Balaban J connectivity index is 2.53. The number of carbonyl (C=O) groups is 1. The Kier molecular flexibility index (Phi) is 3.32. The number of aromatic amines is 1. The van der Waals surface area contributed by atoms with Gasteiger partial charge < -0.3 is 14.8 Å². The van der Waals surface area contributed by atoms with Gasteiger partial charge in [0.25, 0.3) is 0 Å². The minimum atomic E-state index is -1.45. The number of ether oxygens (including phenoxy) is 1. The first kappa shape index (κ1) is 12.2. The second-order valence-electron chi connectivity index (χ2n) is 4.00. The average molecular weight is 247 g/mol. The van der Waals surface area contributed by atoms with Crippen LogP contribution in [0.25, 0.3) is 10.9 Å². The largest absolute Gasteiger partial charge is 0.512 e. The molecule has 0 amide bonds. The number of pyridine rings is 1. The zero-order valence-corrected chi connectivity index (χ0v) is 9.90. The predicted molar refractivity (Wildman–Crippen MR) is 67.2 cm³/mol. The molecule has 0 atom stereocenters. The van der Waals surface area contributed by atoms with Gasteiger partial charge in [0.1, 0.15) is 0 Å². The first-order chi connectivity index (χ1) is 8.60. The van der Waals surface area contributed by atoms with E-state index in [9.17, 15) is 9.59 Å². The number of hydrogen-bond donors (Lipinski definition) is 2. The third-order valence-electron chi connectivity index (χ3n) is 2.61. The van der Waals surface area contributed by atoms with E-state index in [1.54, 1.807) is 6.07 Å². The van der Waals surface area contributed by atoms with Gasteiger partial charge in [-0.1, -0.05) is 19.4 Å². The number of aryl methyl sites for hydroxylation is 1. The van der Waals surface area contributed by atoms with Crippen LogP contribution in [0.5, 0.6) is 5.88 Å². The zero-order chi connectivity index (χ0) is 13.1. The van der Waals surface area contributed by atoms with Crippen LogP contribution in [0.4, 0.5) is 4.79 Å². The summed E-state index contributed by atoms with van der Waals surface area (Å²) in [6, 6.07) is 6.62. The van der Waals surface area contributed by atoms with Crippen molar-refractivity contribution in [1.29, 1.82) is 0 Å². The Morgan fingerprint density at radius 2 is 2.17 bits per heavy atom. The van der Waals surface area contributed by atoms with Crippen LogP contribution in [0.3, 0.4) is 0 Å². The monoisotopic (exact) mass is 247 g/mol. The molecule has 0 spiro atoms. The second kappa shape index (κ2) is 4.91. The number of rotatable bonds is 3. The maximum atomic E-state index is 11.8. The third kappa shape index (κ3) is 2.51. The van der Waals surface area contributed by atoms with Crippen LogP contribution in [-0.2, 0) is 6.42 Å². The summed E-state index contributed by atoms with van der Waals surface area (Å²) in [4.78, 5) is 25.0. The van der Waals surface area contributed by atoms with E-state index in [2.05, 4.69) is 16.6 Å². The Morgan fingerprint density at radius 1 is 1.39 bits per heavy atom. The number of hydrogen-bond acceptors (Lipinski definition) is 3. The van der Waals surface area contributed by atoms with Crippen molar-refractivity contribution >= 4 is 17.1 Å². The summed E-state index contributed by atoms with van der Waals surface area (Å²) < 4.78 is 4.46. The predicted octanol–water partition coefficient (Wildman–Crippen LogP) is 2.54. The van der Waals surface area contributed by atoms with Crippen LogP contribution in [0.1, 0.15) is 18.9 Å². The van der Waals surface area contributed by atoms with Gasteiger partial charge in [0.05, 0.1) is 5.52 Å².